The molecule has 1 N–H and O–H groups in total. The Morgan fingerprint density at radius 3 is 2.67 bits per heavy atom. The van der Waals surface area contributed by atoms with Gasteiger partial charge in [-0.15, -0.1) is 0 Å². The number of pyridine rings is 1. The maximum Gasteiger partial charge on any atom is 0.137 e. The number of hydrogen-bond donors (Lipinski definition) is 1. The standard InChI is InChI=1S/C14H14ClNO2/c1-9(17)12-4-3-5-13(16-12)10-6-7-14(18-2)11(15)8-10/h3-9,17H,1-2H3. The molecule has 0 saturated carbocycles. The van der Waals surface area contributed by atoms with Gasteiger partial charge in [0.05, 0.1) is 29.6 Å². The van der Waals surface area contributed by atoms with Crippen LogP contribution >= 0.6 is 11.6 Å². The van der Waals surface area contributed by atoms with Gasteiger partial charge in [-0.2, -0.15) is 0 Å². The Bertz CT molecular complexity index is 555. The summed E-state index contributed by atoms with van der Waals surface area (Å²) in [5, 5.41) is 10.1. The summed E-state index contributed by atoms with van der Waals surface area (Å²) in [7, 11) is 1.58. The van der Waals surface area contributed by atoms with Gasteiger partial charge in [0.2, 0.25) is 0 Å². The third-order valence-corrected chi connectivity index (χ3v) is 2.94. The number of aliphatic hydroxyl groups is 1. The molecule has 0 fully saturated rings. The minimum Gasteiger partial charge on any atom is -0.495 e. The number of halogens is 1. The number of hydrogen-bond acceptors (Lipinski definition) is 3. The Labute approximate surface area is 111 Å². The van der Waals surface area contributed by atoms with Crippen LogP contribution in [-0.2, 0) is 0 Å². The van der Waals surface area contributed by atoms with E-state index < -0.39 is 6.10 Å². The molecule has 2 rings (SSSR count). The van der Waals surface area contributed by atoms with Crippen LogP contribution in [0.2, 0.25) is 5.02 Å². The van der Waals surface area contributed by atoms with Crippen molar-refractivity contribution in [3.63, 3.8) is 0 Å². The molecule has 1 atom stereocenters. The van der Waals surface area contributed by atoms with Crippen LogP contribution in [0, 0.1) is 0 Å². The van der Waals surface area contributed by atoms with E-state index in [1.807, 2.05) is 18.2 Å². The first-order chi connectivity index (χ1) is 8.61. The Kier molecular flexibility index (Phi) is 3.84. The zero-order valence-electron chi connectivity index (χ0n) is 10.2. The number of aromatic nitrogens is 1. The number of benzene rings is 1. The zero-order valence-corrected chi connectivity index (χ0v) is 11.0. The van der Waals surface area contributed by atoms with Crippen LogP contribution in [0.3, 0.4) is 0 Å². The highest BCUT2D eigenvalue weighted by molar-refractivity contribution is 6.32. The van der Waals surface area contributed by atoms with Gasteiger partial charge in [0.25, 0.3) is 0 Å². The largest absolute Gasteiger partial charge is 0.495 e. The van der Waals surface area contributed by atoms with Gasteiger partial charge in [0.15, 0.2) is 0 Å². The van der Waals surface area contributed by atoms with Crippen LogP contribution in [0.5, 0.6) is 5.75 Å². The summed E-state index contributed by atoms with van der Waals surface area (Å²) in [6.07, 6.45) is -0.585. The van der Waals surface area contributed by atoms with Crippen LogP contribution in [-0.4, -0.2) is 17.2 Å². The van der Waals surface area contributed by atoms with E-state index in [1.165, 1.54) is 0 Å². The summed E-state index contributed by atoms with van der Waals surface area (Å²) in [4.78, 5) is 4.39. The second kappa shape index (κ2) is 5.38. The van der Waals surface area contributed by atoms with E-state index >= 15 is 0 Å². The predicted molar refractivity (Wildman–Crippen MR) is 71.9 cm³/mol. The van der Waals surface area contributed by atoms with Gasteiger partial charge in [-0.3, -0.25) is 4.98 Å². The molecule has 0 spiro atoms. The predicted octanol–water partition coefficient (Wildman–Crippen LogP) is 3.46. The number of rotatable bonds is 3. The lowest BCUT2D eigenvalue weighted by Gasteiger charge is -2.08. The first-order valence-electron chi connectivity index (χ1n) is 5.60. The van der Waals surface area contributed by atoms with Gasteiger partial charge in [0.1, 0.15) is 5.75 Å². The molecule has 0 aliphatic carbocycles. The SMILES string of the molecule is COc1ccc(-c2cccc(C(C)O)n2)cc1Cl. The summed E-state index contributed by atoms with van der Waals surface area (Å²) in [6, 6.07) is 11.0. The molecule has 94 valence electrons. The highest BCUT2D eigenvalue weighted by atomic mass is 35.5. The van der Waals surface area contributed by atoms with Crippen LogP contribution in [0.1, 0.15) is 18.7 Å². The molecule has 0 saturated heterocycles. The molecule has 0 aliphatic heterocycles. The number of aliphatic hydroxyl groups excluding tert-OH is 1. The molecule has 0 aliphatic rings. The molecule has 4 heteroatoms. The molecule has 2 aromatic rings. The van der Waals surface area contributed by atoms with Crippen LogP contribution < -0.4 is 4.74 Å². The minimum absolute atomic E-state index is 0.541. The van der Waals surface area contributed by atoms with Crippen molar-refractivity contribution in [2.24, 2.45) is 0 Å². The topological polar surface area (TPSA) is 42.4 Å². The normalized spacial score (nSPS) is 12.2. The highest BCUT2D eigenvalue weighted by Crippen LogP contribution is 2.29. The van der Waals surface area contributed by atoms with Crippen molar-refractivity contribution in [2.45, 2.75) is 13.0 Å². The van der Waals surface area contributed by atoms with Crippen LogP contribution in [0.4, 0.5) is 0 Å². The molecule has 1 unspecified atom stereocenters. The second-order valence-corrected chi connectivity index (χ2v) is 4.38. The summed E-state index contributed by atoms with van der Waals surface area (Å²) in [6.45, 7) is 1.69. The monoisotopic (exact) mass is 263 g/mol. The maximum atomic E-state index is 9.52. The Hall–Kier alpha value is -1.58. The van der Waals surface area contributed by atoms with Crippen molar-refractivity contribution in [3.05, 3.63) is 47.1 Å². The van der Waals surface area contributed by atoms with E-state index in [9.17, 15) is 5.11 Å². The fourth-order valence-corrected chi connectivity index (χ4v) is 1.93. The lowest BCUT2D eigenvalue weighted by atomic mass is 10.1. The van der Waals surface area contributed by atoms with E-state index in [0.717, 1.165) is 11.3 Å². The van der Waals surface area contributed by atoms with E-state index in [-0.39, 0.29) is 0 Å². The fourth-order valence-electron chi connectivity index (χ4n) is 1.67. The Morgan fingerprint density at radius 2 is 2.06 bits per heavy atom. The van der Waals surface area contributed by atoms with E-state index in [2.05, 4.69) is 4.98 Å². The Balaban J connectivity index is 2.42. The summed E-state index contributed by atoms with van der Waals surface area (Å²) in [5.74, 6) is 0.632. The van der Waals surface area contributed by atoms with Gasteiger partial charge in [-0.25, -0.2) is 0 Å². The summed E-state index contributed by atoms with van der Waals surface area (Å²) < 4.78 is 5.11. The quantitative estimate of drug-likeness (QED) is 0.922. The van der Waals surface area contributed by atoms with E-state index in [0.29, 0.717) is 16.5 Å². The smallest absolute Gasteiger partial charge is 0.137 e. The third-order valence-electron chi connectivity index (χ3n) is 2.65. The van der Waals surface area contributed by atoms with Crippen molar-refractivity contribution < 1.29 is 9.84 Å². The van der Waals surface area contributed by atoms with Crippen LogP contribution in [0.15, 0.2) is 36.4 Å². The maximum absolute atomic E-state index is 9.52. The van der Waals surface area contributed by atoms with Crippen molar-refractivity contribution in [1.82, 2.24) is 4.98 Å². The lowest BCUT2D eigenvalue weighted by Crippen LogP contribution is -1.96. The third kappa shape index (κ3) is 2.63. The number of methoxy groups -OCH3 is 1. The average molecular weight is 264 g/mol. The molecule has 1 aromatic carbocycles. The molecule has 3 nitrogen and oxygen atoms in total. The van der Waals surface area contributed by atoms with Gasteiger partial charge < -0.3 is 9.84 Å². The molecule has 0 radical (unpaired) electrons. The van der Waals surface area contributed by atoms with Crippen LogP contribution in [0.25, 0.3) is 11.3 Å². The molecule has 0 amide bonds. The fraction of sp³-hybridized carbons (Fsp3) is 0.214. The van der Waals surface area contributed by atoms with Crippen molar-refractivity contribution in [1.29, 1.82) is 0 Å². The van der Waals surface area contributed by atoms with E-state index in [1.54, 1.807) is 32.2 Å². The number of nitrogens with zero attached hydrogens (tertiary/aromatic N) is 1. The zero-order chi connectivity index (χ0) is 13.1. The van der Waals surface area contributed by atoms with Crippen molar-refractivity contribution >= 4 is 11.6 Å². The Morgan fingerprint density at radius 1 is 1.28 bits per heavy atom. The van der Waals surface area contributed by atoms with Gasteiger partial charge in [-0.05, 0) is 37.3 Å². The first-order valence-corrected chi connectivity index (χ1v) is 5.98. The van der Waals surface area contributed by atoms with E-state index in [4.69, 9.17) is 16.3 Å². The van der Waals surface area contributed by atoms with Gasteiger partial charge >= 0.3 is 0 Å². The van der Waals surface area contributed by atoms with Crippen molar-refractivity contribution in [3.8, 4) is 17.0 Å². The van der Waals surface area contributed by atoms with Crippen molar-refractivity contribution in [2.75, 3.05) is 7.11 Å². The van der Waals surface area contributed by atoms with Gasteiger partial charge in [0, 0.05) is 5.56 Å². The summed E-state index contributed by atoms with van der Waals surface area (Å²) >= 11 is 6.08. The first kappa shape index (κ1) is 12.9. The number of ether oxygens (including phenoxy) is 1. The molecule has 1 aromatic heterocycles. The lowest BCUT2D eigenvalue weighted by molar-refractivity contribution is 0.194. The molecular formula is C14H14ClNO2. The van der Waals surface area contributed by atoms with Gasteiger partial charge in [-0.1, -0.05) is 17.7 Å². The molecule has 18 heavy (non-hydrogen) atoms. The minimum atomic E-state index is -0.585. The molecular weight excluding hydrogens is 250 g/mol. The summed E-state index contributed by atoms with van der Waals surface area (Å²) in [5.41, 5.74) is 2.31. The molecule has 0 bridgehead atoms. The highest BCUT2D eigenvalue weighted by Gasteiger charge is 2.07. The average Bonchev–Trinajstić information content (AvgIpc) is 2.38. The molecule has 1 heterocycles. The second-order valence-electron chi connectivity index (χ2n) is 3.97.